The van der Waals surface area contributed by atoms with Crippen LogP contribution in [-0.2, 0) is 16.0 Å². The summed E-state index contributed by atoms with van der Waals surface area (Å²) in [6.45, 7) is 4.09. The highest BCUT2D eigenvalue weighted by molar-refractivity contribution is 5.67. The largest absolute Gasteiger partial charge is 0.490 e. The molecule has 0 spiro atoms. The molecule has 0 aromatic heterocycles. The second kappa shape index (κ2) is 9.83. The van der Waals surface area contributed by atoms with Crippen LogP contribution in [0.3, 0.4) is 0 Å². The average Bonchev–Trinajstić information content (AvgIpc) is 2.71. The second-order valence-corrected chi connectivity index (χ2v) is 6.30. The van der Waals surface area contributed by atoms with Crippen molar-refractivity contribution in [1.82, 2.24) is 0 Å². The van der Waals surface area contributed by atoms with Crippen LogP contribution in [0, 0.1) is 0 Å². The maximum Gasteiger partial charge on any atom is 0.303 e. The molecule has 27 heavy (non-hydrogen) atoms. The fourth-order valence-electron chi connectivity index (χ4n) is 2.96. The topological polar surface area (TPSA) is 68.2 Å². The fraction of sp³-hybridized carbons (Fsp3) is 0.381. The highest BCUT2D eigenvalue weighted by Gasteiger charge is 2.15. The Bertz CT molecular complexity index is 726. The molecule has 0 atom stereocenters. The van der Waals surface area contributed by atoms with Crippen LogP contribution in [0.1, 0.15) is 12.0 Å². The van der Waals surface area contributed by atoms with Crippen molar-refractivity contribution in [3.8, 4) is 11.5 Å². The summed E-state index contributed by atoms with van der Waals surface area (Å²) < 4.78 is 17.1. The molecule has 0 saturated carbocycles. The van der Waals surface area contributed by atoms with E-state index < -0.39 is 5.97 Å². The first-order valence-electron chi connectivity index (χ1n) is 9.20. The molecule has 0 radical (unpaired) electrons. The maximum absolute atomic E-state index is 10.6. The second-order valence-electron chi connectivity index (χ2n) is 6.30. The van der Waals surface area contributed by atoms with Gasteiger partial charge in [0.15, 0.2) is 0 Å². The number of aryl methyl sites for hydroxylation is 1. The van der Waals surface area contributed by atoms with Crippen molar-refractivity contribution >= 4 is 11.7 Å². The first-order valence-corrected chi connectivity index (χ1v) is 9.20. The molecule has 3 rings (SSSR count). The maximum atomic E-state index is 10.6. The summed E-state index contributed by atoms with van der Waals surface area (Å²) >= 11 is 0. The van der Waals surface area contributed by atoms with Crippen molar-refractivity contribution in [2.45, 2.75) is 12.8 Å². The molecule has 0 bridgehead atoms. The lowest BCUT2D eigenvalue weighted by Crippen LogP contribution is -2.36. The number of ether oxygens (including phenoxy) is 3. The number of carboxylic acid groups (broad SMARTS) is 1. The molecule has 6 heteroatoms. The number of benzene rings is 2. The lowest BCUT2D eigenvalue weighted by Gasteiger charge is -2.30. The summed E-state index contributed by atoms with van der Waals surface area (Å²) in [7, 11) is 0. The molecule has 2 aromatic rings. The average molecular weight is 371 g/mol. The monoisotopic (exact) mass is 371 g/mol. The van der Waals surface area contributed by atoms with E-state index in [2.05, 4.69) is 11.0 Å². The van der Waals surface area contributed by atoms with Gasteiger partial charge in [0.1, 0.15) is 24.7 Å². The van der Waals surface area contributed by atoms with Gasteiger partial charge in [0.25, 0.3) is 0 Å². The van der Waals surface area contributed by atoms with E-state index in [0.717, 1.165) is 49.1 Å². The molecule has 0 aliphatic carbocycles. The third kappa shape index (κ3) is 5.89. The number of hydrogen-bond acceptors (Lipinski definition) is 5. The lowest BCUT2D eigenvalue weighted by molar-refractivity contribution is -0.136. The first kappa shape index (κ1) is 19.0. The van der Waals surface area contributed by atoms with E-state index in [-0.39, 0.29) is 6.42 Å². The van der Waals surface area contributed by atoms with Crippen LogP contribution < -0.4 is 14.4 Å². The minimum Gasteiger partial charge on any atom is -0.490 e. The van der Waals surface area contributed by atoms with Crippen LogP contribution in [0.5, 0.6) is 11.5 Å². The number of carbonyl (C=O) groups is 1. The van der Waals surface area contributed by atoms with Gasteiger partial charge in [0, 0.05) is 19.5 Å². The van der Waals surface area contributed by atoms with Gasteiger partial charge >= 0.3 is 5.97 Å². The van der Waals surface area contributed by atoms with E-state index in [1.807, 2.05) is 42.5 Å². The van der Waals surface area contributed by atoms with Gasteiger partial charge in [-0.2, -0.15) is 0 Å². The summed E-state index contributed by atoms with van der Waals surface area (Å²) in [5, 5.41) is 8.72. The molecular formula is C21H25NO5. The number of para-hydroxylation sites is 2. The number of hydrogen-bond donors (Lipinski definition) is 1. The third-order valence-corrected chi connectivity index (χ3v) is 4.38. The van der Waals surface area contributed by atoms with Crippen LogP contribution in [0.15, 0.2) is 48.5 Å². The van der Waals surface area contributed by atoms with E-state index in [1.165, 1.54) is 0 Å². The Labute approximate surface area is 159 Å². The summed E-state index contributed by atoms with van der Waals surface area (Å²) in [6.07, 6.45) is 0.660. The van der Waals surface area contributed by atoms with Crippen molar-refractivity contribution < 1.29 is 24.1 Å². The van der Waals surface area contributed by atoms with Crippen molar-refractivity contribution in [2.24, 2.45) is 0 Å². The van der Waals surface area contributed by atoms with Gasteiger partial charge in [-0.25, -0.2) is 0 Å². The molecule has 1 aliphatic rings. The zero-order chi connectivity index (χ0) is 18.9. The molecule has 1 heterocycles. The quantitative estimate of drug-likeness (QED) is 0.684. The predicted molar refractivity (Wildman–Crippen MR) is 103 cm³/mol. The smallest absolute Gasteiger partial charge is 0.303 e. The molecule has 2 aromatic carbocycles. The number of morpholine rings is 1. The van der Waals surface area contributed by atoms with Gasteiger partial charge in [0.05, 0.1) is 18.9 Å². The number of aliphatic carboxylic acids is 1. The van der Waals surface area contributed by atoms with Gasteiger partial charge in [-0.05, 0) is 36.2 Å². The molecule has 6 nitrogen and oxygen atoms in total. The first-order chi connectivity index (χ1) is 13.2. The van der Waals surface area contributed by atoms with Gasteiger partial charge in [0.2, 0.25) is 0 Å². The highest BCUT2D eigenvalue weighted by Crippen LogP contribution is 2.28. The molecule has 1 aliphatic heterocycles. The fourth-order valence-corrected chi connectivity index (χ4v) is 2.96. The number of anilines is 1. The van der Waals surface area contributed by atoms with E-state index in [0.29, 0.717) is 19.6 Å². The van der Waals surface area contributed by atoms with Crippen molar-refractivity contribution in [3.05, 3.63) is 54.1 Å². The van der Waals surface area contributed by atoms with Crippen LogP contribution in [0.4, 0.5) is 5.69 Å². The summed E-state index contributed by atoms with van der Waals surface area (Å²) in [4.78, 5) is 12.9. The molecule has 1 saturated heterocycles. The lowest BCUT2D eigenvalue weighted by atomic mass is 10.1. The molecule has 1 fully saturated rings. The van der Waals surface area contributed by atoms with Crippen LogP contribution >= 0.6 is 0 Å². The van der Waals surface area contributed by atoms with E-state index in [1.54, 1.807) is 0 Å². The van der Waals surface area contributed by atoms with E-state index >= 15 is 0 Å². The van der Waals surface area contributed by atoms with Crippen molar-refractivity contribution in [1.29, 1.82) is 0 Å². The Balaban J connectivity index is 1.46. The normalized spacial score (nSPS) is 14.0. The summed E-state index contributed by atoms with van der Waals surface area (Å²) in [6, 6.07) is 15.5. The summed E-state index contributed by atoms with van der Waals surface area (Å²) in [5.74, 6) is 0.816. The number of rotatable bonds is 9. The molecule has 0 amide bonds. The van der Waals surface area contributed by atoms with Gasteiger partial charge in [-0.1, -0.05) is 24.3 Å². The zero-order valence-corrected chi connectivity index (χ0v) is 15.3. The minimum atomic E-state index is -0.787. The number of nitrogens with zero attached hydrogens (tertiary/aromatic N) is 1. The molecule has 144 valence electrons. The predicted octanol–water partition coefficient (Wildman–Crippen LogP) is 3.00. The Morgan fingerprint density at radius 2 is 1.70 bits per heavy atom. The van der Waals surface area contributed by atoms with Crippen molar-refractivity contribution in [2.75, 3.05) is 44.4 Å². The minimum absolute atomic E-state index is 0.136. The molecular weight excluding hydrogens is 346 g/mol. The van der Waals surface area contributed by atoms with Gasteiger partial charge in [-0.3, -0.25) is 4.79 Å². The standard InChI is InChI=1S/C21H25NO5/c23-21(24)10-7-17-5-8-18(9-6-17)26-15-16-27-20-4-2-1-3-19(20)22-11-13-25-14-12-22/h1-6,8-9H,7,10-16H2,(H,23,24). The van der Waals surface area contributed by atoms with E-state index in [4.69, 9.17) is 19.3 Å². The Hall–Kier alpha value is -2.73. The van der Waals surface area contributed by atoms with Gasteiger partial charge in [-0.15, -0.1) is 0 Å². The zero-order valence-electron chi connectivity index (χ0n) is 15.3. The third-order valence-electron chi connectivity index (χ3n) is 4.38. The Morgan fingerprint density at radius 3 is 2.44 bits per heavy atom. The highest BCUT2D eigenvalue weighted by atomic mass is 16.5. The Morgan fingerprint density at radius 1 is 1.00 bits per heavy atom. The molecule has 1 N–H and O–H groups in total. The van der Waals surface area contributed by atoms with Crippen molar-refractivity contribution in [3.63, 3.8) is 0 Å². The Kier molecular flexibility index (Phi) is 6.93. The van der Waals surface area contributed by atoms with Crippen LogP contribution in [0.2, 0.25) is 0 Å². The van der Waals surface area contributed by atoms with Crippen LogP contribution in [0.25, 0.3) is 0 Å². The van der Waals surface area contributed by atoms with Crippen LogP contribution in [-0.4, -0.2) is 50.6 Å². The summed E-state index contributed by atoms with van der Waals surface area (Å²) in [5.41, 5.74) is 2.07. The SMILES string of the molecule is O=C(O)CCc1ccc(OCCOc2ccccc2N2CCOCC2)cc1. The van der Waals surface area contributed by atoms with Gasteiger partial charge < -0.3 is 24.2 Å². The number of carboxylic acids is 1. The molecule has 0 unspecified atom stereocenters. The van der Waals surface area contributed by atoms with E-state index in [9.17, 15) is 4.79 Å².